The Morgan fingerprint density at radius 2 is 1.97 bits per heavy atom. The predicted octanol–water partition coefficient (Wildman–Crippen LogP) is 2.98. The van der Waals surface area contributed by atoms with Crippen LogP contribution < -0.4 is 9.62 Å². The number of fused-ring (bicyclic) bond motifs is 3. The van der Waals surface area contributed by atoms with Gasteiger partial charge in [0, 0.05) is 30.6 Å². The number of aliphatic hydroxyl groups is 1. The smallest absolute Gasteiger partial charge is 0.384 e. The Morgan fingerprint density at radius 3 is 2.73 bits per heavy atom. The minimum absolute atomic E-state index is 0.0860. The van der Waals surface area contributed by atoms with E-state index in [0.29, 0.717) is 34.7 Å². The summed E-state index contributed by atoms with van der Waals surface area (Å²) < 4.78 is 54.8. The lowest BCUT2D eigenvalue weighted by atomic mass is 9.97. The van der Waals surface area contributed by atoms with Gasteiger partial charge in [-0.1, -0.05) is 12.1 Å². The number of anilines is 2. The molecule has 5 rings (SSSR count). The van der Waals surface area contributed by atoms with Crippen LogP contribution in [0.15, 0.2) is 30.5 Å². The van der Waals surface area contributed by atoms with E-state index >= 15 is 0 Å². The summed E-state index contributed by atoms with van der Waals surface area (Å²) in [7, 11) is -1.26. The lowest BCUT2D eigenvalue weighted by Gasteiger charge is -2.30. The van der Waals surface area contributed by atoms with Crippen LogP contribution in [-0.4, -0.2) is 41.9 Å². The van der Waals surface area contributed by atoms with Crippen LogP contribution in [0.5, 0.6) is 0 Å². The minimum Gasteiger partial charge on any atom is -0.384 e. The second kappa shape index (κ2) is 7.96. The summed E-state index contributed by atoms with van der Waals surface area (Å²) in [6.07, 6.45) is 1.27. The molecule has 0 fully saturated rings. The molecule has 3 heterocycles. The van der Waals surface area contributed by atoms with Crippen molar-refractivity contribution in [2.24, 2.45) is 0 Å². The largest absolute Gasteiger partial charge is 0.451 e. The zero-order valence-electron chi connectivity index (χ0n) is 17.4. The van der Waals surface area contributed by atoms with Gasteiger partial charge in [0.15, 0.2) is 5.82 Å². The van der Waals surface area contributed by atoms with E-state index in [-0.39, 0.29) is 18.9 Å². The molecule has 2 atom stereocenters. The molecule has 3 aromatic rings. The molecule has 0 spiro atoms. The molecule has 1 aliphatic carbocycles. The van der Waals surface area contributed by atoms with E-state index in [0.717, 1.165) is 10.1 Å². The topological polar surface area (TPSA) is 96.2 Å². The molecule has 2 aromatic heterocycles. The fourth-order valence-electron chi connectivity index (χ4n) is 4.13. The fraction of sp³-hybridized carbons (Fsp3) is 0.286. The highest BCUT2D eigenvalue weighted by Crippen LogP contribution is 2.36. The van der Waals surface area contributed by atoms with Crippen molar-refractivity contribution < 1.29 is 22.5 Å². The predicted molar refractivity (Wildman–Crippen MR) is 117 cm³/mol. The second-order valence-corrected chi connectivity index (χ2v) is 8.93. The third-order valence-electron chi connectivity index (χ3n) is 5.67. The zero-order chi connectivity index (χ0) is 23.3. The number of hydrogen-bond acceptors (Lipinski definition) is 6. The highest BCUT2D eigenvalue weighted by Gasteiger charge is 2.39. The van der Waals surface area contributed by atoms with Gasteiger partial charge >= 0.3 is 6.18 Å². The maximum absolute atomic E-state index is 13.1. The number of aromatic nitrogens is 4. The summed E-state index contributed by atoms with van der Waals surface area (Å²) in [5, 5.41) is 18.2. The van der Waals surface area contributed by atoms with Crippen molar-refractivity contribution >= 4 is 34.5 Å². The Hall–Kier alpha value is -3.25. The molecule has 12 heteroatoms. The van der Waals surface area contributed by atoms with Crippen LogP contribution in [0.4, 0.5) is 24.5 Å². The molecule has 172 valence electrons. The van der Waals surface area contributed by atoms with Crippen LogP contribution in [0, 0.1) is 0 Å². The van der Waals surface area contributed by atoms with Crippen molar-refractivity contribution in [3.63, 3.8) is 0 Å². The summed E-state index contributed by atoms with van der Waals surface area (Å²) in [6.45, 7) is 0.540. The Labute approximate surface area is 189 Å². The average molecular weight is 476 g/mol. The quantitative estimate of drug-likeness (QED) is 0.604. The van der Waals surface area contributed by atoms with E-state index in [1.54, 1.807) is 24.4 Å². The Balaban J connectivity index is 1.46. The van der Waals surface area contributed by atoms with Gasteiger partial charge in [0.2, 0.25) is 5.82 Å². The Kier molecular flexibility index (Phi) is 5.20. The molecule has 0 saturated heterocycles. The molecule has 8 nitrogen and oxygen atoms in total. The van der Waals surface area contributed by atoms with Crippen molar-refractivity contribution in [1.29, 1.82) is 0 Å². The zero-order valence-corrected chi connectivity index (χ0v) is 18.2. The van der Waals surface area contributed by atoms with E-state index in [9.17, 15) is 22.5 Å². The number of halogens is 3. The van der Waals surface area contributed by atoms with Crippen LogP contribution >= 0.6 is 0 Å². The molecule has 2 unspecified atom stereocenters. The van der Waals surface area contributed by atoms with E-state index in [1.165, 1.54) is 6.26 Å². The maximum Gasteiger partial charge on any atom is 0.451 e. The molecule has 2 aliphatic rings. The van der Waals surface area contributed by atoms with Gasteiger partial charge in [-0.05, 0) is 35.4 Å². The standard InChI is InChI=1S/C21H19F3N6O2S/c1-33(32)28-13-4-2-12-3-5-17-16(19(31)15(12)8-13)9-14(10-25-17)29-6-7-30-18(11-29)26-27-20(30)21(22,23)24/h2-5,8-10,19,28,31H,6-7,11H2,1H3. The van der Waals surface area contributed by atoms with Gasteiger partial charge in [-0.3, -0.25) is 4.98 Å². The SMILES string of the molecule is CS(=O)Nc1ccc2c(c1)C(O)c1cc(N3CCn4c(nnc4C(F)(F)F)C3)cnc1C=C2. The van der Waals surface area contributed by atoms with Gasteiger partial charge in [0.05, 0.1) is 24.1 Å². The summed E-state index contributed by atoms with van der Waals surface area (Å²) in [4.78, 5) is 6.34. The fourth-order valence-corrected chi connectivity index (χ4v) is 4.59. The summed E-state index contributed by atoms with van der Waals surface area (Å²) in [5.41, 5.74) is 3.88. The summed E-state index contributed by atoms with van der Waals surface area (Å²) >= 11 is 0. The molecule has 33 heavy (non-hydrogen) atoms. The van der Waals surface area contributed by atoms with Gasteiger partial charge in [0.25, 0.3) is 0 Å². The van der Waals surface area contributed by atoms with Crippen molar-refractivity contribution in [3.05, 3.63) is 64.5 Å². The first-order chi connectivity index (χ1) is 15.7. The van der Waals surface area contributed by atoms with Crippen LogP contribution in [0.25, 0.3) is 12.2 Å². The van der Waals surface area contributed by atoms with Crippen molar-refractivity contribution in [2.75, 3.05) is 22.4 Å². The normalized spacial score (nSPS) is 18.2. The monoisotopic (exact) mass is 476 g/mol. The van der Waals surface area contributed by atoms with Gasteiger partial charge in [-0.15, -0.1) is 10.2 Å². The molecule has 1 aliphatic heterocycles. The Bertz CT molecular complexity index is 1290. The minimum atomic E-state index is -4.55. The summed E-state index contributed by atoms with van der Waals surface area (Å²) in [5.74, 6) is -0.774. The molecular weight excluding hydrogens is 457 g/mol. The maximum atomic E-state index is 13.1. The number of alkyl halides is 3. The molecule has 0 saturated carbocycles. The number of hydrogen-bond donors (Lipinski definition) is 2. The van der Waals surface area contributed by atoms with Gasteiger partial charge < -0.3 is 19.3 Å². The molecule has 0 bridgehead atoms. The number of nitrogens with one attached hydrogen (secondary N) is 1. The first-order valence-corrected chi connectivity index (χ1v) is 11.6. The van der Waals surface area contributed by atoms with E-state index in [2.05, 4.69) is 19.9 Å². The van der Waals surface area contributed by atoms with E-state index in [1.807, 2.05) is 23.1 Å². The molecule has 2 N–H and O–H groups in total. The molecule has 1 aromatic carbocycles. The average Bonchev–Trinajstić information content (AvgIpc) is 3.15. The lowest BCUT2D eigenvalue weighted by molar-refractivity contribution is -0.147. The molecule has 0 amide bonds. The Morgan fingerprint density at radius 1 is 1.15 bits per heavy atom. The molecule has 0 radical (unpaired) electrons. The number of rotatable bonds is 3. The number of aliphatic hydroxyl groups excluding tert-OH is 1. The number of pyridine rings is 1. The third-order valence-corrected chi connectivity index (χ3v) is 6.19. The highest BCUT2D eigenvalue weighted by atomic mass is 32.2. The van der Waals surface area contributed by atoms with Crippen molar-refractivity contribution in [3.8, 4) is 0 Å². The van der Waals surface area contributed by atoms with Crippen LogP contribution in [0.1, 0.15) is 40.1 Å². The number of benzene rings is 1. The van der Waals surface area contributed by atoms with Gasteiger partial charge in [-0.25, -0.2) is 4.21 Å². The first kappa shape index (κ1) is 21.6. The third kappa shape index (κ3) is 4.00. The van der Waals surface area contributed by atoms with Gasteiger partial charge in [-0.2, -0.15) is 13.2 Å². The number of nitrogens with zero attached hydrogens (tertiary/aromatic N) is 5. The van der Waals surface area contributed by atoms with E-state index in [4.69, 9.17) is 0 Å². The second-order valence-electron chi connectivity index (χ2n) is 7.81. The highest BCUT2D eigenvalue weighted by molar-refractivity contribution is 7.85. The van der Waals surface area contributed by atoms with Crippen molar-refractivity contribution in [2.45, 2.75) is 25.4 Å². The lowest BCUT2D eigenvalue weighted by Crippen LogP contribution is -2.35. The van der Waals surface area contributed by atoms with Crippen LogP contribution in [0.3, 0.4) is 0 Å². The molecular formula is C21H19F3N6O2S. The van der Waals surface area contributed by atoms with Gasteiger partial charge in [0.1, 0.15) is 17.1 Å². The first-order valence-electron chi connectivity index (χ1n) is 10.0. The summed E-state index contributed by atoms with van der Waals surface area (Å²) in [6, 6.07) is 7.15. The van der Waals surface area contributed by atoms with E-state index < -0.39 is 29.1 Å². The van der Waals surface area contributed by atoms with Crippen molar-refractivity contribution in [1.82, 2.24) is 19.7 Å². The van der Waals surface area contributed by atoms with Crippen LogP contribution in [-0.2, 0) is 30.3 Å². The van der Waals surface area contributed by atoms with Crippen LogP contribution in [0.2, 0.25) is 0 Å².